The van der Waals surface area contributed by atoms with Gasteiger partial charge in [0, 0.05) is 49.4 Å². The van der Waals surface area contributed by atoms with Crippen molar-refractivity contribution in [3.63, 3.8) is 0 Å². The number of hydrogen-bond donors (Lipinski definition) is 0. The Balaban J connectivity index is 1.13. The SMILES string of the molecule is COc1cc(-c2nc3ccc(Oc4ccc(Cl)cc4)cc3o2)ccc1OCCCN1CCN(C(=O)OC(C)(C)C)CC1. The zero-order valence-electron chi connectivity index (χ0n) is 24.4. The molecular formula is C32H36ClN3O6. The van der Waals surface area contributed by atoms with Gasteiger partial charge in [-0.25, -0.2) is 9.78 Å². The summed E-state index contributed by atoms with van der Waals surface area (Å²) in [5.41, 5.74) is 1.63. The lowest BCUT2D eigenvalue weighted by Gasteiger charge is -2.35. The zero-order chi connectivity index (χ0) is 29.7. The number of rotatable bonds is 9. The Bertz CT molecular complexity index is 1510. The average Bonchev–Trinajstić information content (AvgIpc) is 3.39. The molecule has 1 aromatic heterocycles. The lowest BCUT2D eigenvalue weighted by molar-refractivity contribution is 0.0142. The maximum atomic E-state index is 12.3. The Hall–Kier alpha value is -3.95. The second-order valence-electron chi connectivity index (χ2n) is 11.1. The first-order valence-corrected chi connectivity index (χ1v) is 14.4. The normalized spacial score (nSPS) is 14.2. The van der Waals surface area contributed by atoms with E-state index in [4.69, 9.17) is 35.0 Å². The van der Waals surface area contributed by atoms with Crippen molar-refractivity contribution in [1.82, 2.24) is 14.8 Å². The molecule has 0 atom stereocenters. The van der Waals surface area contributed by atoms with Gasteiger partial charge in [-0.15, -0.1) is 0 Å². The highest BCUT2D eigenvalue weighted by Crippen LogP contribution is 2.35. The van der Waals surface area contributed by atoms with E-state index in [-0.39, 0.29) is 6.09 Å². The monoisotopic (exact) mass is 593 g/mol. The number of carbonyl (C=O) groups is 1. The van der Waals surface area contributed by atoms with Gasteiger partial charge in [0.25, 0.3) is 0 Å². The molecule has 0 saturated carbocycles. The third-order valence-corrected chi connectivity index (χ3v) is 6.97. The van der Waals surface area contributed by atoms with Crippen LogP contribution in [-0.2, 0) is 4.74 Å². The summed E-state index contributed by atoms with van der Waals surface area (Å²) in [7, 11) is 1.61. The summed E-state index contributed by atoms with van der Waals surface area (Å²) in [4.78, 5) is 21.0. The number of halogens is 1. The Labute approximate surface area is 250 Å². The van der Waals surface area contributed by atoms with Crippen LogP contribution in [0.15, 0.2) is 65.1 Å². The van der Waals surface area contributed by atoms with E-state index < -0.39 is 5.60 Å². The van der Waals surface area contributed by atoms with E-state index in [0.29, 0.717) is 59.2 Å². The third-order valence-electron chi connectivity index (χ3n) is 6.72. The van der Waals surface area contributed by atoms with E-state index >= 15 is 0 Å². The van der Waals surface area contributed by atoms with Crippen LogP contribution >= 0.6 is 11.6 Å². The Morgan fingerprint density at radius 1 is 0.952 bits per heavy atom. The summed E-state index contributed by atoms with van der Waals surface area (Å²) >= 11 is 5.96. The maximum absolute atomic E-state index is 12.3. The summed E-state index contributed by atoms with van der Waals surface area (Å²) in [5.74, 6) is 3.06. The van der Waals surface area contributed by atoms with Crippen LogP contribution in [-0.4, -0.2) is 72.9 Å². The van der Waals surface area contributed by atoms with Crippen molar-refractivity contribution in [2.75, 3.05) is 46.4 Å². The van der Waals surface area contributed by atoms with Crippen LogP contribution in [0.3, 0.4) is 0 Å². The molecule has 1 fully saturated rings. The number of methoxy groups -OCH3 is 1. The Kier molecular flexibility index (Phi) is 9.09. The molecule has 0 bridgehead atoms. The molecule has 0 radical (unpaired) electrons. The van der Waals surface area contributed by atoms with Crippen LogP contribution in [0.25, 0.3) is 22.6 Å². The molecule has 0 spiro atoms. The first-order chi connectivity index (χ1) is 20.2. The van der Waals surface area contributed by atoms with Gasteiger partial charge < -0.3 is 28.3 Å². The van der Waals surface area contributed by atoms with Crippen LogP contribution < -0.4 is 14.2 Å². The molecule has 9 nitrogen and oxygen atoms in total. The Morgan fingerprint density at radius 2 is 1.69 bits per heavy atom. The molecule has 10 heteroatoms. The van der Waals surface area contributed by atoms with Gasteiger partial charge in [-0.2, -0.15) is 0 Å². The minimum absolute atomic E-state index is 0.244. The summed E-state index contributed by atoms with van der Waals surface area (Å²) < 4.78 is 29.1. The lowest BCUT2D eigenvalue weighted by Crippen LogP contribution is -2.50. The summed E-state index contributed by atoms with van der Waals surface area (Å²) in [6.45, 7) is 10.0. The largest absolute Gasteiger partial charge is 0.493 e. The third kappa shape index (κ3) is 7.66. The molecule has 1 aliphatic rings. The van der Waals surface area contributed by atoms with Crippen molar-refractivity contribution in [3.05, 3.63) is 65.7 Å². The van der Waals surface area contributed by atoms with Crippen LogP contribution in [0, 0.1) is 0 Å². The van der Waals surface area contributed by atoms with Crippen molar-refractivity contribution in [1.29, 1.82) is 0 Å². The fourth-order valence-electron chi connectivity index (χ4n) is 4.60. The standard InChI is InChI=1S/C32H36ClN3O6/c1-32(2,3)42-31(37)36-17-15-35(16-18-36)14-5-19-39-27-13-6-22(20-29(27)38-4)30-34-26-12-11-25(21-28(26)41-30)40-24-9-7-23(33)8-10-24/h6-13,20-21H,5,14-19H2,1-4H3. The van der Waals surface area contributed by atoms with E-state index in [0.717, 1.165) is 37.1 Å². The van der Waals surface area contributed by atoms with Crippen molar-refractivity contribution >= 4 is 28.8 Å². The predicted octanol–water partition coefficient (Wildman–Crippen LogP) is 7.27. The van der Waals surface area contributed by atoms with E-state index in [1.807, 2.05) is 69.3 Å². The molecule has 1 aliphatic heterocycles. The molecule has 5 rings (SSSR count). The molecule has 4 aromatic rings. The van der Waals surface area contributed by atoms with E-state index in [1.165, 1.54) is 0 Å². The molecule has 3 aromatic carbocycles. The van der Waals surface area contributed by atoms with Gasteiger partial charge in [-0.3, -0.25) is 4.90 Å². The number of piperazine rings is 1. The maximum Gasteiger partial charge on any atom is 0.410 e. The molecule has 2 heterocycles. The van der Waals surface area contributed by atoms with Gasteiger partial charge in [0.1, 0.15) is 22.6 Å². The topological polar surface area (TPSA) is 86.5 Å². The molecule has 1 saturated heterocycles. The molecule has 1 amide bonds. The zero-order valence-corrected chi connectivity index (χ0v) is 25.1. The van der Waals surface area contributed by atoms with Crippen LogP contribution in [0.4, 0.5) is 4.79 Å². The predicted molar refractivity (Wildman–Crippen MR) is 162 cm³/mol. The highest BCUT2D eigenvalue weighted by Gasteiger charge is 2.25. The second kappa shape index (κ2) is 12.9. The quantitative estimate of drug-likeness (QED) is 0.187. The molecule has 0 unspecified atom stereocenters. The number of nitrogens with zero attached hydrogens (tertiary/aromatic N) is 3. The minimum Gasteiger partial charge on any atom is -0.493 e. The van der Waals surface area contributed by atoms with Crippen molar-refractivity contribution in [2.24, 2.45) is 0 Å². The summed E-state index contributed by atoms with van der Waals surface area (Å²) in [6.07, 6.45) is 0.606. The number of benzene rings is 3. The second-order valence-corrected chi connectivity index (χ2v) is 11.5. The fraction of sp³-hybridized carbons (Fsp3) is 0.375. The lowest BCUT2D eigenvalue weighted by atomic mass is 10.2. The van der Waals surface area contributed by atoms with Gasteiger partial charge in [0.05, 0.1) is 13.7 Å². The van der Waals surface area contributed by atoms with Gasteiger partial charge in [0.15, 0.2) is 17.1 Å². The number of amides is 1. The van der Waals surface area contributed by atoms with Crippen molar-refractivity contribution in [2.45, 2.75) is 32.8 Å². The van der Waals surface area contributed by atoms with E-state index in [2.05, 4.69) is 9.88 Å². The molecule has 222 valence electrons. The Morgan fingerprint density at radius 3 is 2.40 bits per heavy atom. The van der Waals surface area contributed by atoms with Crippen LogP contribution in [0.2, 0.25) is 5.02 Å². The van der Waals surface area contributed by atoms with E-state index in [9.17, 15) is 4.79 Å². The number of oxazole rings is 1. The summed E-state index contributed by atoms with van der Waals surface area (Å²) in [6, 6.07) is 18.3. The molecule has 42 heavy (non-hydrogen) atoms. The van der Waals surface area contributed by atoms with Gasteiger partial charge >= 0.3 is 6.09 Å². The first kappa shape index (κ1) is 29.5. The highest BCUT2D eigenvalue weighted by atomic mass is 35.5. The van der Waals surface area contributed by atoms with Gasteiger partial charge in [-0.05, 0) is 81.8 Å². The number of ether oxygens (including phenoxy) is 4. The van der Waals surface area contributed by atoms with Crippen molar-refractivity contribution < 1.29 is 28.2 Å². The van der Waals surface area contributed by atoms with Gasteiger partial charge in [0.2, 0.25) is 5.89 Å². The molecular weight excluding hydrogens is 558 g/mol. The average molecular weight is 594 g/mol. The summed E-state index contributed by atoms with van der Waals surface area (Å²) in [5, 5.41) is 0.650. The smallest absolute Gasteiger partial charge is 0.410 e. The van der Waals surface area contributed by atoms with E-state index in [1.54, 1.807) is 24.1 Å². The number of carbonyl (C=O) groups excluding carboxylic acids is 1. The van der Waals surface area contributed by atoms with Gasteiger partial charge in [-0.1, -0.05) is 11.6 Å². The number of aromatic nitrogens is 1. The number of hydrogen-bond acceptors (Lipinski definition) is 8. The van der Waals surface area contributed by atoms with Crippen LogP contribution in [0.5, 0.6) is 23.0 Å². The first-order valence-electron chi connectivity index (χ1n) is 14.0. The molecule has 0 aliphatic carbocycles. The highest BCUT2D eigenvalue weighted by molar-refractivity contribution is 6.30. The molecule has 0 N–H and O–H groups in total. The number of fused-ring (bicyclic) bond motifs is 1. The van der Waals surface area contributed by atoms with Crippen LogP contribution in [0.1, 0.15) is 27.2 Å². The van der Waals surface area contributed by atoms with Crippen molar-refractivity contribution in [3.8, 4) is 34.5 Å². The minimum atomic E-state index is -0.480. The fourth-order valence-corrected chi connectivity index (χ4v) is 4.73.